The number of anilines is 1. The molecule has 3 nitrogen and oxygen atoms in total. The predicted octanol–water partition coefficient (Wildman–Crippen LogP) is 2.46. The van der Waals surface area contributed by atoms with Gasteiger partial charge in [-0.15, -0.1) is 0 Å². The molecule has 0 saturated heterocycles. The van der Waals surface area contributed by atoms with E-state index in [1.54, 1.807) is 7.11 Å². The van der Waals surface area contributed by atoms with Crippen molar-refractivity contribution >= 4 is 17.4 Å². The third kappa shape index (κ3) is 4.13. The molecule has 0 aliphatic carbocycles. The SMILES string of the molecule is COc1ccc(N)cc1CN(C)C(C)CSC. The first-order valence-corrected chi connectivity index (χ1v) is 7.09. The minimum Gasteiger partial charge on any atom is -0.496 e. The summed E-state index contributed by atoms with van der Waals surface area (Å²) in [7, 11) is 3.82. The lowest BCUT2D eigenvalue weighted by atomic mass is 10.1. The Morgan fingerprint density at radius 1 is 1.47 bits per heavy atom. The maximum absolute atomic E-state index is 5.81. The number of nitrogens with zero attached hydrogens (tertiary/aromatic N) is 1. The van der Waals surface area contributed by atoms with E-state index in [4.69, 9.17) is 10.5 Å². The monoisotopic (exact) mass is 254 g/mol. The second kappa shape index (κ2) is 6.77. The summed E-state index contributed by atoms with van der Waals surface area (Å²) in [6.45, 7) is 3.09. The van der Waals surface area contributed by atoms with E-state index >= 15 is 0 Å². The van der Waals surface area contributed by atoms with E-state index < -0.39 is 0 Å². The van der Waals surface area contributed by atoms with Crippen LogP contribution in [0, 0.1) is 0 Å². The third-order valence-corrected chi connectivity index (χ3v) is 3.70. The standard InChI is InChI=1S/C13H22N2OS/c1-10(9-17-4)15(2)8-11-7-12(14)5-6-13(11)16-3/h5-7,10H,8-9,14H2,1-4H3. The smallest absolute Gasteiger partial charge is 0.123 e. The lowest BCUT2D eigenvalue weighted by Gasteiger charge is -2.25. The number of methoxy groups -OCH3 is 1. The molecular formula is C13H22N2OS. The molecule has 0 aromatic heterocycles. The minimum absolute atomic E-state index is 0.538. The Labute approximate surface area is 108 Å². The maximum atomic E-state index is 5.81. The summed E-state index contributed by atoms with van der Waals surface area (Å²) in [5.74, 6) is 2.03. The number of nitrogens with two attached hydrogens (primary N) is 1. The molecule has 96 valence electrons. The van der Waals surface area contributed by atoms with E-state index in [0.29, 0.717) is 6.04 Å². The van der Waals surface area contributed by atoms with Gasteiger partial charge < -0.3 is 10.5 Å². The van der Waals surface area contributed by atoms with Crippen molar-refractivity contribution in [3.05, 3.63) is 23.8 Å². The number of hydrogen-bond acceptors (Lipinski definition) is 4. The molecule has 1 aromatic carbocycles. The van der Waals surface area contributed by atoms with E-state index in [0.717, 1.165) is 29.3 Å². The molecule has 0 radical (unpaired) electrons. The highest BCUT2D eigenvalue weighted by atomic mass is 32.2. The van der Waals surface area contributed by atoms with E-state index in [9.17, 15) is 0 Å². The van der Waals surface area contributed by atoms with Crippen molar-refractivity contribution in [2.24, 2.45) is 0 Å². The van der Waals surface area contributed by atoms with E-state index in [-0.39, 0.29) is 0 Å². The predicted molar refractivity (Wildman–Crippen MR) is 76.7 cm³/mol. The van der Waals surface area contributed by atoms with Gasteiger partial charge in [-0.3, -0.25) is 4.90 Å². The van der Waals surface area contributed by atoms with Crippen molar-refractivity contribution in [3.63, 3.8) is 0 Å². The molecule has 0 spiro atoms. The van der Waals surface area contributed by atoms with Gasteiger partial charge in [-0.05, 0) is 38.4 Å². The Morgan fingerprint density at radius 3 is 2.76 bits per heavy atom. The summed E-state index contributed by atoms with van der Waals surface area (Å²) >= 11 is 1.86. The number of hydrogen-bond donors (Lipinski definition) is 1. The van der Waals surface area contributed by atoms with Gasteiger partial charge in [0, 0.05) is 29.6 Å². The van der Waals surface area contributed by atoms with Crippen LogP contribution in [0.25, 0.3) is 0 Å². The Kier molecular flexibility index (Phi) is 5.65. The zero-order valence-corrected chi connectivity index (χ0v) is 11.9. The Balaban J connectivity index is 2.76. The van der Waals surface area contributed by atoms with Gasteiger partial charge in [-0.1, -0.05) is 0 Å². The van der Waals surface area contributed by atoms with E-state index in [1.165, 1.54) is 0 Å². The van der Waals surface area contributed by atoms with Crippen molar-refractivity contribution in [2.75, 3.05) is 31.9 Å². The van der Waals surface area contributed by atoms with E-state index in [1.807, 2.05) is 30.0 Å². The molecule has 0 aliphatic heterocycles. The Bertz CT molecular complexity index is 357. The largest absolute Gasteiger partial charge is 0.496 e. The fourth-order valence-corrected chi connectivity index (χ4v) is 2.45. The number of nitrogen functional groups attached to an aromatic ring is 1. The van der Waals surface area contributed by atoms with Gasteiger partial charge in [0.15, 0.2) is 0 Å². The minimum atomic E-state index is 0.538. The summed E-state index contributed by atoms with van der Waals surface area (Å²) < 4.78 is 5.35. The molecular weight excluding hydrogens is 232 g/mol. The average Bonchev–Trinajstić information content (AvgIpc) is 2.29. The van der Waals surface area contributed by atoms with Crippen LogP contribution < -0.4 is 10.5 Å². The molecule has 1 rings (SSSR count). The lowest BCUT2D eigenvalue weighted by molar-refractivity contribution is 0.265. The van der Waals surface area contributed by atoms with Crippen molar-refractivity contribution in [2.45, 2.75) is 19.5 Å². The van der Waals surface area contributed by atoms with Gasteiger partial charge in [0.2, 0.25) is 0 Å². The molecule has 0 fully saturated rings. The highest BCUT2D eigenvalue weighted by Gasteiger charge is 2.12. The number of rotatable bonds is 6. The average molecular weight is 254 g/mol. The molecule has 1 unspecified atom stereocenters. The summed E-state index contributed by atoms with van der Waals surface area (Å²) in [6, 6.07) is 6.32. The second-order valence-corrected chi connectivity index (χ2v) is 5.20. The normalized spacial score (nSPS) is 12.8. The van der Waals surface area contributed by atoms with Gasteiger partial charge in [-0.2, -0.15) is 11.8 Å². The molecule has 17 heavy (non-hydrogen) atoms. The van der Waals surface area contributed by atoms with Gasteiger partial charge in [0.1, 0.15) is 5.75 Å². The van der Waals surface area contributed by atoms with Gasteiger partial charge in [0.25, 0.3) is 0 Å². The summed E-state index contributed by atoms with van der Waals surface area (Å²) in [5, 5.41) is 0. The topological polar surface area (TPSA) is 38.5 Å². The first-order chi connectivity index (χ1) is 8.08. The van der Waals surface area contributed by atoms with Crippen LogP contribution in [0.15, 0.2) is 18.2 Å². The molecule has 0 saturated carbocycles. The highest BCUT2D eigenvalue weighted by molar-refractivity contribution is 7.98. The van der Waals surface area contributed by atoms with Crippen LogP contribution in [0.3, 0.4) is 0 Å². The molecule has 1 aromatic rings. The van der Waals surface area contributed by atoms with Crippen LogP contribution in [-0.4, -0.2) is 37.1 Å². The van der Waals surface area contributed by atoms with Crippen LogP contribution >= 0.6 is 11.8 Å². The zero-order chi connectivity index (χ0) is 12.8. The van der Waals surface area contributed by atoms with Gasteiger partial charge in [-0.25, -0.2) is 0 Å². The molecule has 0 heterocycles. The van der Waals surface area contributed by atoms with Crippen LogP contribution in [0.5, 0.6) is 5.75 Å². The van der Waals surface area contributed by atoms with Crippen molar-refractivity contribution in [1.82, 2.24) is 4.90 Å². The van der Waals surface area contributed by atoms with Crippen molar-refractivity contribution < 1.29 is 4.74 Å². The zero-order valence-electron chi connectivity index (χ0n) is 11.1. The Morgan fingerprint density at radius 2 is 2.18 bits per heavy atom. The Hall–Kier alpha value is -0.870. The van der Waals surface area contributed by atoms with Crippen LogP contribution in [0.1, 0.15) is 12.5 Å². The summed E-state index contributed by atoms with van der Waals surface area (Å²) in [5.41, 5.74) is 7.74. The van der Waals surface area contributed by atoms with Crippen LogP contribution in [0.4, 0.5) is 5.69 Å². The fourth-order valence-electron chi connectivity index (χ4n) is 1.72. The molecule has 2 N–H and O–H groups in total. The summed E-state index contributed by atoms with van der Waals surface area (Å²) in [6.07, 6.45) is 2.13. The molecule has 4 heteroatoms. The highest BCUT2D eigenvalue weighted by Crippen LogP contribution is 2.23. The first kappa shape index (κ1) is 14.2. The van der Waals surface area contributed by atoms with Crippen LogP contribution in [-0.2, 0) is 6.54 Å². The molecule has 0 bridgehead atoms. The van der Waals surface area contributed by atoms with Gasteiger partial charge in [0.05, 0.1) is 7.11 Å². The van der Waals surface area contributed by atoms with Crippen LogP contribution in [0.2, 0.25) is 0 Å². The van der Waals surface area contributed by atoms with Gasteiger partial charge >= 0.3 is 0 Å². The number of thioether (sulfide) groups is 1. The molecule has 1 atom stereocenters. The number of ether oxygens (including phenoxy) is 1. The maximum Gasteiger partial charge on any atom is 0.123 e. The van der Waals surface area contributed by atoms with Crippen molar-refractivity contribution in [3.8, 4) is 5.75 Å². The summed E-state index contributed by atoms with van der Waals surface area (Å²) in [4.78, 5) is 2.31. The van der Waals surface area contributed by atoms with E-state index in [2.05, 4.69) is 25.1 Å². The number of benzene rings is 1. The quantitative estimate of drug-likeness (QED) is 0.792. The molecule has 0 amide bonds. The lowest BCUT2D eigenvalue weighted by Crippen LogP contribution is -2.30. The fraction of sp³-hybridized carbons (Fsp3) is 0.538. The van der Waals surface area contributed by atoms with Crippen molar-refractivity contribution in [1.29, 1.82) is 0 Å². The first-order valence-electron chi connectivity index (χ1n) is 5.70. The third-order valence-electron chi connectivity index (χ3n) is 2.88. The molecule has 0 aliphatic rings. The second-order valence-electron chi connectivity index (χ2n) is 4.29.